The van der Waals surface area contributed by atoms with Gasteiger partial charge in [-0.1, -0.05) is 35.2 Å². The number of thioether (sulfide) groups is 1. The van der Waals surface area contributed by atoms with Crippen LogP contribution in [-0.4, -0.2) is 46.5 Å². The number of ether oxygens (including phenoxy) is 1. The zero-order chi connectivity index (χ0) is 17.6. The van der Waals surface area contributed by atoms with Gasteiger partial charge in [0.1, 0.15) is 5.75 Å². The molecule has 1 N–H and O–H groups in total. The summed E-state index contributed by atoms with van der Waals surface area (Å²) in [7, 11) is 1.63. The Labute approximate surface area is 156 Å². The summed E-state index contributed by atoms with van der Waals surface area (Å²) in [5, 5.41) is 12.2. The number of piperidine rings is 1. The van der Waals surface area contributed by atoms with E-state index in [0.717, 1.165) is 35.2 Å². The molecule has 1 saturated heterocycles. The Kier molecular flexibility index (Phi) is 6.14. The molecule has 0 unspecified atom stereocenters. The highest BCUT2D eigenvalue weighted by molar-refractivity contribution is 8.01. The molecule has 0 saturated carbocycles. The van der Waals surface area contributed by atoms with Gasteiger partial charge < -0.3 is 15.0 Å². The third-order valence-electron chi connectivity index (χ3n) is 4.20. The van der Waals surface area contributed by atoms with Crippen LogP contribution in [0.1, 0.15) is 26.2 Å². The van der Waals surface area contributed by atoms with Crippen LogP contribution in [0, 0.1) is 0 Å². The smallest absolute Gasteiger partial charge is 0.233 e. The minimum Gasteiger partial charge on any atom is -0.495 e. The Morgan fingerprint density at radius 2 is 2.24 bits per heavy atom. The molecule has 2 aromatic rings. The number of likely N-dealkylation sites (tertiary alicyclic amines) is 1. The second-order valence-electron chi connectivity index (χ2n) is 5.92. The highest BCUT2D eigenvalue weighted by Gasteiger charge is 2.23. The Hall–Kier alpha value is -1.80. The Morgan fingerprint density at radius 1 is 1.40 bits per heavy atom. The van der Waals surface area contributed by atoms with E-state index in [9.17, 15) is 4.79 Å². The van der Waals surface area contributed by atoms with Crippen LogP contribution >= 0.6 is 23.1 Å². The van der Waals surface area contributed by atoms with Crippen LogP contribution in [-0.2, 0) is 4.79 Å². The monoisotopic (exact) mass is 378 g/mol. The molecule has 1 aliphatic heterocycles. The average molecular weight is 379 g/mol. The molecule has 1 fully saturated rings. The second-order valence-corrected chi connectivity index (χ2v) is 8.12. The number of benzene rings is 1. The number of para-hydroxylation sites is 2. The van der Waals surface area contributed by atoms with E-state index >= 15 is 0 Å². The van der Waals surface area contributed by atoms with Gasteiger partial charge in [0.05, 0.1) is 18.6 Å². The van der Waals surface area contributed by atoms with Crippen molar-refractivity contribution in [3.8, 4) is 5.75 Å². The molecule has 1 atom stereocenters. The van der Waals surface area contributed by atoms with Gasteiger partial charge in [-0.05, 0) is 38.3 Å². The van der Waals surface area contributed by atoms with Crippen molar-refractivity contribution in [1.82, 2.24) is 15.1 Å². The molecule has 3 rings (SSSR count). The molecule has 1 amide bonds. The normalized spacial score (nSPS) is 17.4. The predicted molar refractivity (Wildman–Crippen MR) is 102 cm³/mol. The molecule has 8 heteroatoms. The number of rotatable bonds is 6. The summed E-state index contributed by atoms with van der Waals surface area (Å²) < 4.78 is 6.11. The molecule has 1 aliphatic rings. The van der Waals surface area contributed by atoms with E-state index in [1.807, 2.05) is 29.2 Å². The Balaban J connectivity index is 1.56. The number of amides is 1. The van der Waals surface area contributed by atoms with Crippen LogP contribution in [0.4, 0.5) is 10.8 Å². The molecule has 1 aromatic carbocycles. The lowest BCUT2D eigenvalue weighted by atomic mass is 10.0. The number of nitrogens with one attached hydrogen (secondary N) is 1. The molecular formula is C17H22N4O2S2. The lowest BCUT2D eigenvalue weighted by molar-refractivity contribution is -0.131. The topological polar surface area (TPSA) is 67.3 Å². The Bertz CT molecular complexity index is 722. The highest BCUT2D eigenvalue weighted by atomic mass is 32.2. The van der Waals surface area contributed by atoms with Gasteiger partial charge in [0.25, 0.3) is 0 Å². The maximum absolute atomic E-state index is 12.4. The van der Waals surface area contributed by atoms with E-state index in [-0.39, 0.29) is 5.91 Å². The molecule has 25 heavy (non-hydrogen) atoms. The summed E-state index contributed by atoms with van der Waals surface area (Å²) in [6, 6.07) is 8.00. The zero-order valence-electron chi connectivity index (χ0n) is 14.4. The third kappa shape index (κ3) is 4.64. The van der Waals surface area contributed by atoms with Gasteiger partial charge in [0.15, 0.2) is 4.34 Å². The minimum atomic E-state index is 0.187. The van der Waals surface area contributed by atoms with Crippen molar-refractivity contribution in [2.45, 2.75) is 36.6 Å². The van der Waals surface area contributed by atoms with E-state index in [1.165, 1.54) is 29.5 Å². The number of carbonyl (C=O) groups is 1. The van der Waals surface area contributed by atoms with E-state index in [1.54, 1.807) is 7.11 Å². The summed E-state index contributed by atoms with van der Waals surface area (Å²) in [6.45, 7) is 3.00. The molecule has 0 spiro atoms. The van der Waals surface area contributed by atoms with Gasteiger partial charge in [-0.2, -0.15) is 0 Å². The Morgan fingerprint density at radius 3 is 3.04 bits per heavy atom. The second kappa shape index (κ2) is 8.53. The maximum atomic E-state index is 12.4. The molecule has 6 nitrogen and oxygen atoms in total. The van der Waals surface area contributed by atoms with Crippen LogP contribution < -0.4 is 10.1 Å². The van der Waals surface area contributed by atoms with Crippen LogP contribution in [0.25, 0.3) is 0 Å². The van der Waals surface area contributed by atoms with Crippen molar-refractivity contribution in [2.24, 2.45) is 0 Å². The number of anilines is 2. The van der Waals surface area contributed by atoms with Gasteiger partial charge in [0.2, 0.25) is 11.0 Å². The zero-order valence-corrected chi connectivity index (χ0v) is 16.0. The van der Waals surface area contributed by atoms with Gasteiger partial charge in [-0.15, -0.1) is 10.2 Å². The fourth-order valence-electron chi connectivity index (χ4n) is 2.86. The van der Waals surface area contributed by atoms with E-state index in [4.69, 9.17) is 4.74 Å². The van der Waals surface area contributed by atoms with Crippen molar-refractivity contribution in [2.75, 3.05) is 24.7 Å². The first-order valence-electron chi connectivity index (χ1n) is 8.33. The van der Waals surface area contributed by atoms with Crippen LogP contribution in [0.3, 0.4) is 0 Å². The third-order valence-corrected chi connectivity index (χ3v) is 6.15. The number of nitrogens with zero attached hydrogens (tertiary/aromatic N) is 3. The van der Waals surface area contributed by atoms with Crippen LogP contribution in [0.15, 0.2) is 28.6 Å². The standard InChI is InChI=1S/C17H22N4O2S2/c1-12-7-5-6-10-21(12)15(22)11-24-17-20-19-16(25-17)18-13-8-3-4-9-14(13)23-2/h3-4,8-9,12H,5-7,10-11H2,1-2H3,(H,18,19)/t12-/m1/s1. The average Bonchev–Trinajstić information content (AvgIpc) is 3.08. The van der Waals surface area contributed by atoms with Gasteiger partial charge in [-0.25, -0.2) is 0 Å². The van der Waals surface area contributed by atoms with Gasteiger partial charge in [0, 0.05) is 12.6 Å². The van der Waals surface area contributed by atoms with Crippen molar-refractivity contribution in [3.05, 3.63) is 24.3 Å². The van der Waals surface area contributed by atoms with Gasteiger partial charge >= 0.3 is 0 Å². The van der Waals surface area contributed by atoms with Crippen LogP contribution in [0.5, 0.6) is 5.75 Å². The fourth-order valence-corrected chi connectivity index (χ4v) is 4.51. The number of carbonyl (C=O) groups excluding carboxylic acids is 1. The van der Waals surface area contributed by atoms with Gasteiger partial charge in [-0.3, -0.25) is 4.79 Å². The summed E-state index contributed by atoms with van der Waals surface area (Å²) >= 11 is 2.89. The number of hydrogen-bond donors (Lipinski definition) is 1. The molecular weight excluding hydrogens is 356 g/mol. The fraction of sp³-hybridized carbons (Fsp3) is 0.471. The van der Waals surface area contributed by atoms with Crippen molar-refractivity contribution >= 4 is 39.8 Å². The summed E-state index contributed by atoms with van der Waals surface area (Å²) in [4.78, 5) is 14.4. The quantitative estimate of drug-likeness (QED) is 0.772. The number of hydrogen-bond acceptors (Lipinski definition) is 7. The first kappa shape index (κ1) is 18.0. The first-order valence-corrected chi connectivity index (χ1v) is 10.1. The lowest BCUT2D eigenvalue weighted by Gasteiger charge is -2.33. The summed E-state index contributed by atoms with van der Waals surface area (Å²) in [5.74, 6) is 1.35. The summed E-state index contributed by atoms with van der Waals surface area (Å²) in [5.41, 5.74) is 0.843. The molecule has 2 heterocycles. The number of methoxy groups -OCH3 is 1. The molecule has 0 bridgehead atoms. The molecule has 134 valence electrons. The molecule has 0 radical (unpaired) electrons. The molecule has 1 aromatic heterocycles. The highest BCUT2D eigenvalue weighted by Crippen LogP contribution is 2.31. The summed E-state index contributed by atoms with van der Waals surface area (Å²) in [6.07, 6.45) is 3.42. The van der Waals surface area contributed by atoms with Crippen LogP contribution in [0.2, 0.25) is 0 Å². The lowest BCUT2D eigenvalue weighted by Crippen LogP contribution is -2.42. The van der Waals surface area contributed by atoms with E-state index in [0.29, 0.717) is 16.9 Å². The SMILES string of the molecule is COc1ccccc1Nc1nnc(SCC(=O)N2CCCC[C@H]2C)s1. The van der Waals surface area contributed by atoms with Crippen molar-refractivity contribution in [1.29, 1.82) is 0 Å². The van der Waals surface area contributed by atoms with Crippen molar-refractivity contribution < 1.29 is 9.53 Å². The number of aromatic nitrogens is 2. The minimum absolute atomic E-state index is 0.187. The van der Waals surface area contributed by atoms with Crippen molar-refractivity contribution in [3.63, 3.8) is 0 Å². The molecule has 0 aliphatic carbocycles. The van der Waals surface area contributed by atoms with E-state index < -0.39 is 0 Å². The predicted octanol–water partition coefficient (Wildman–Crippen LogP) is 3.78. The van der Waals surface area contributed by atoms with E-state index in [2.05, 4.69) is 22.4 Å². The first-order chi connectivity index (χ1) is 12.2. The largest absolute Gasteiger partial charge is 0.495 e. The maximum Gasteiger partial charge on any atom is 0.233 e.